The van der Waals surface area contributed by atoms with Crippen molar-refractivity contribution in [1.82, 2.24) is 0 Å². The minimum atomic E-state index is -3.83. The normalized spacial score (nSPS) is 11.3. The molecule has 0 amide bonds. The summed E-state index contributed by atoms with van der Waals surface area (Å²) in [5.74, 6) is -3.02. The molecule has 0 aromatic heterocycles. The first-order chi connectivity index (χ1) is 8.07. The van der Waals surface area contributed by atoms with Crippen LogP contribution in [0.25, 0.3) is 0 Å². The van der Waals surface area contributed by atoms with Gasteiger partial charge in [-0.25, -0.2) is 18.0 Å². The van der Waals surface area contributed by atoms with Gasteiger partial charge in [0, 0.05) is 6.26 Å². The number of hydrogen-bond donors (Lipinski definition) is 2. The Hall–Kier alpha value is -1.60. The van der Waals surface area contributed by atoms with Crippen LogP contribution >= 0.6 is 11.6 Å². The van der Waals surface area contributed by atoms with Gasteiger partial charge >= 0.3 is 11.9 Å². The molecule has 0 aliphatic heterocycles. The summed E-state index contributed by atoms with van der Waals surface area (Å²) in [5.41, 5.74) is -1.13. The number of sulfone groups is 1. The van der Waals surface area contributed by atoms with Crippen LogP contribution in [0, 0.1) is 6.92 Å². The molecule has 1 rings (SSSR count). The molecular formula is C10H9ClO6S. The monoisotopic (exact) mass is 292 g/mol. The molecule has 0 aliphatic rings. The van der Waals surface area contributed by atoms with Crippen molar-refractivity contribution in [2.45, 2.75) is 11.8 Å². The standard InChI is InChI=1S/C10H9ClO6S/c1-4-3-5(9(12)13)7(11)6(10(14)15)8(4)18(2,16)17/h3H,1-2H3,(H,12,13)(H,14,15). The first-order valence-corrected chi connectivity index (χ1v) is 6.84. The maximum atomic E-state index is 11.5. The molecule has 6 nitrogen and oxygen atoms in total. The minimum Gasteiger partial charge on any atom is -0.478 e. The summed E-state index contributed by atoms with van der Waals surface area (Å²) in [6.45, 7) is 1.31. The lowest BCUT2D eigenvalue weighted by molar-refractivity contribution is 0.0692. The highest BCUT2D eigenvalue weighted by Crippen LogP contribution is 2.31. The molecule has 2 N–H and O–H groups in total. The molecule has 0 unspecified atom stereocenters. The van der Waals surface area contributed by atoms with E-state index in [-0.39, 0.29) is 5.56 Å². The van der Waals surface area contributed by atoms with E-state index in [1.165, 1.54) is 6.92 Å². The summed E-state index contributed by atoms with van der Waals surface area (Å²) in [7, 11) is -3.83. The van der Waals surface area contributed by atoms with Gasteiger partial charge in [0.05, 0.1) is 21.0 Å². The van der Waals surface area contributed by atoms with Gasteiger partial charge in [-0.15, -0.1) is 0 Å². The summed E-state index contributed by atoms with van der Waals surface area (Å²) in [4.78, 5) is 21.5. The molecule has 0 atom stereocenters. The zero-order valence-corrected chi connectivity index (χ0v) is 11.0. The average Bonchev–Trinajstić information content (AvgIpc) is 2.17. The number of carboxylic acid groups (broad SMARTS) is 2. The summed E-state index contributed by atoms with van der Waals surface area (Å²) < 4.78 is 23.1. The Balaban J connectivity index is 3.93. The molecule has 0 heterocycles. The molecule has 0 radical (unpaired) electrons. The number of benzene rings is 1. The molecule has 98 valence electrons. The third-order valence-electron chi connectivity index (χ3n) is 2.22. The van der Waals surface area contributed by atoms with Gasteiger partial charge in [-0.1, -0.05) is 11.6 Å². The Kier molecular flexibility index (Phi) is 3.68. The minimum absolute atomic E-state index is 0.0247. The van der Waals surface area contributed by atoms with E-state index in [1.807, 2.05) is 0 Å². The van der Waals surface area contributed by atoms with Gasteiger partial charge in [-0.3, -0.25) is 0 Å². The van der Waals surface area contributed by atoms with E-state index in [4.69, 9.17) is 21.8 Å². The molecular weight excluding hydrogens is 284 g/mol. The maximum Gasteiger partial charge on any atom is 0.338 e. The van der Waals surface area contributed by atoms with Crippen LogP contribution in [0.4, 0.5) is 0 Å². The zero-order valence-electron chi connectivity index (χ0n) is 9.39. The number of aryl methyl sites for hydroxylation is 1. The van der Waals surface area contributed by atoms with E-state index >= 15 is 0 Å². The molecule has 8 heteroatoms. The molecule has 1 aromatic rings. The number of halogens is 1. The molecule has 0 fully saturated rings. The van der Waals surface area contributed by atoms with Crippen molar-refractivity contribution in [3.8, 4) is 0 Å². The molecule has 0 bridgehead atoms. The summed E-state index contributed by atoms with van der Waals surface area (Å²) >= 11 is 5.66. The van der Waals surface area contributed by atoms with E-state index in [2.05, 4.69) is 0 Å². The highest BCUT2D eigenvalue weighted by molar-refractivity contribution is 7.90. The van der Waals surface area contributed by atoms with Crippen LogP contribution in [-0.2, 0) is 9.84 Å². The third-order valence-corrected chi connectivity index (χ3v) is 3.88. The van der Waals surface area contributed by atoms with Gasteiger partial charge in [0.25, 0.3) is 0 Å². The molecule has 0 spiro atoms. The lowest BCUT2D eigenvalue weighted by Gasteiger charge is -2.12. The second kappa shape index (κ2) is 4.58. The summed E-state index contributed by atoms with van der Waals surface area (Å²) in [6, 6.07) is 1.04. The van der Waals surface area contributed by atoms with Gasteiger partial charge < -0.3 is 10.2 Å². The average molecular weight is 293 g/mol. The van der Waals surface area contributed by atoms with E-state index in [1.54, 1.807) is 0 Å². The van der Waals surface area contributed by atoms with Crippen molar-refractivity contribution >= 4 is 33.4 Å². The fourth-order valence-electron chi connectivity index (χ4n) is 1.60. The highest BCUT2D eigenvalue weighted by Gasteiger charge is 2.28. The summed E-state index contributed by atoms with van der Waals surface area (Å²) in [5, 5.41) is 17.3. The van der Waals surface area contributed by atoms with E-state index in [0.717, 1.165) is 12.3 Å². The van der Waals surface area contributed by atoms with Gasteiger partial charge in [0.15, 0.2) is 9.84 Å². The number of carbonyl (C=O) groups is 2. The Labute approximate surface area is 108 Å². The van der Waals surface area contributed by atoms with Crippen LogP contribution < -0.4 is 0 Å². The molecule has 0 saturated heterocycles. The molecule has 1 aromatic carbocycles. The zero-order chi connectivity index (χ0) is 14.2. The Bertz CT molecular complexity index is 647. The van der Waals surface area contributed by atoms with Crippen molar-refractivity contribution < 1.29 is 28.2 Å². The van der Waals surface area contributed by atoms with E-state index in [0.29, 0.717) is 0 Å². The van der Waals surface area contributed by atoms with Crippen molar-refractivity contribution in [3.05, 3.63) is 27.8 Å². The van der Waals surface area contributed by atoms with Crippen LogP contribution in [0.3, 0.4) is 0 Å². The van der Waals surface area contributed by atoms with Crippen LogP contribution in [0.15, 0.2) is 11.0 Å². The van der Waals surface area contributed by atoms with Crippen LogP contribution in [0.5, 0.6) is 0 Å². The topological polar surface area (TPSA) is 109 Å². The van der Waals surface area contributed by atoms with Crippen LogP contribution in [0.2, 0.25) is 5.02 Å². The Morgan fingerprint density at radius 2 is 1.72 bits per heavy atom. The SMILES string of the molecule is Cc1cc(C(=O)O)c(Cl)c(C(=O)O)c1S(C)(=O)=O. The number of rotatable bonds is 3. The van der Waals surface area contributed by atoms with Gasteiger partial charge in [-0.05, 0) is 18.6 Å². The van der Waals surface area contributed by atoms with E-state index in [9.17, 15) is 18.0 Å². The Morgan fingerprint density at radius 3 is 2.06 bits per heavy atom. The van der Waals surface area contributed by atoms with Crippen molar-refractivity contribution in [2.75, 3.05) is 6.26 Å². The first-order valence-electron chi connectivity index (χ1n) is 4.57. The van der Waals surface area contributed by atoms with E-state index < -0.39 is 42.8 Å². The molecule has 0 aliphatic carbocycles. The smallest absolute Gasteiger partial charge is 0.338 e. The predicted octanol–water partition coefficient (Wildman–Crippen LogP) is 1.45. The van der Waals surface area contributed by atoms with Crippen molar-refractivity contribution in [3.63, 3.8) is 0 Å². The lowest BCUT2D eigenvalue weighted by Crippen LogP contribution is -2.13. The second-order valence-corrected chi connectivity index (χ2v) is 5.97. The maximum absolute atomic E-state index is 11.5. The van der Waals surface area contributed by atoms with Crippen molar-refractivity contribution in [2.24, 2.45) is 0 Å². The fourth-order valence-corrected chi connectivity index (χ4v) is 3.17. The number of aromatic carboxylic acids is 2. The number of hydrogen-bond acceptors (Lipinski definition) is 4. The third kappa shape index (κ3) is 2.46. The quantitative estimate of drug-likeness (QED) is 0.872. The summed E-state index contributed by atoms with van der Waals surface area (Å²) in [6.07, 6.45) is 0.832. The van der Waals surface area contributed by atoms with Crippen molar-refractivity contribution in [1.29, 1.82) is 0 Å². The predicted molar refractivity (Wildman–Crippen MR) is 63.2 cm³/mol. The molecule has 0 saturated carbocycles. The number of carboxylic acids is 2. The van der Waals surface area contributed by atoms with Crippen LogP contribution in [0.1, 0.15) is 26.3 Å². The van der Waals surface area contributed by atoms with Gasteiger partial charge in [0.1, 0.15) is 0 Å². The highest BCUT2D eigenvalue weighted by atomic mass is 35.5. The lowest BCUT2D eigenvalue weighted by atomic mass is 10.1. The van der Waals surface area contributed by atoms with Gasteiger partial charge in [-0.2, -0.15) is 0 Å². The molecule has 18 heavy (non-hydrogen) atoms. The first kappa shape index (κ1) is 14.5. The largest absolute Gasteiger partial charge is 0.478 e. The van der Waals surface area contributed by atoms with Crippen LogP contribution in [-0.4, -0.2) is 36.8 Å². The van der Waals surface area contributed by atoms with Gasteiger partial charge in [0.2, 0.25) is 0 Å². The second-order valence-electron chi connectivity index (χ2n) is 3.64. The fraction of sp³-hybridized carbons (Fsp3) is 0.200. The Morgan fingerprint density at radius 1 is 1.22 bits per heavy atom.